The van der Waals surface area contributed by atoms with Crippen LogP contribution in [-0.2, 0) is 4.74 Å². The summed E-state index contributed by atoms with van der Waals surface area (Å²) in [7, 11) is 0. The molecular formula is C6H12O6. The van der Waals surface area contributed by atoms with Crippen molar-refractivity contribution in [3.63, 3.8) is 0 Å². The largest absolute Gasteiger partial charge is 0.394 e. The Hall–Kier alpha value is -0.240. The van der Waals surface area contributed by atoms with Gasteiger partial charge in [-0.15, -0.1) is 0 Å². The molecule has 5 atom stereocenters. The van der Waals surface area contributed by atoms with E-state index in [2.05, 4.69) is 4.74 Å². The van der Waals surface area contributed by atoms with E-state index in [0.29, 0.717) is 0 Å². The lowest BCUT2D eigenvalue weighted by atomic mass is 10.2. The summed E-state index contributed by atoms with van der Waals surface area (Å²) in [5.41, 5.74) is 0. The van der Waals surface area contributed by atoms with Crippen molar-refractivity contribution in [3.8, 4) is 0 Å². The highest BCUT2D eigenvalue weighted by atomic mass is 16.7. The summed E-state index contributed by atoms with van der Waals surface area (Å²) in [6.07, 6.45) is -7.04. The molecule has 1 unspecified atom stereocenters. The van der Waals surface area contributed by atoms with E-state index < -0.39 is 37.3 Å². The van der Waals surface area contributed by atoms with Gasteiger partial charge in [0.05, 0.1) is 6.61 Å². The average molecular weight is 182 g/mol. The summed E-state index contributed by atoms with van der Waals surface area (Å²) < 4.78 is 4.58. The van der Waals surface area contributed by atoms with Crippen molar-refractivity contribution >= 4 is 0 Å². The smallest absolute Gasteiger partial charge is 0.184 e. The lowest BCUT2D eigenvalue weighted by Crippen LogP contribution is -2.58. The maximum absolute atomic E-state index is 9.12. The van der Waals surface area contributed by atoms with Gasteiger partial charge in [0.15, 0.2) is 6.29 Å². The Labute approximate surface area is 68.6 Å². The minimum absolute atomic E-state index is 0.526. The van der Waals surface area contributed by atoms with Crippen LogP contribution in [0.1, 0.15) is 0 Å². The molecule has 0 radical (unpaired) electrons. The third-order valence-electron chi connectivity index (χ3n) is 1.87. The second-order valence-electron chi connectivity index (χ2n) is 2.72. The molecule has 6 nitrogen and oxygen atoms in total. The van der Waals surface area contributed by atoms with Crippen molar-refractivity contribution in [3.05, 3.63) is 0 Å². The molecule has 6 heteroatoms. The van der Waals surface area contributed by atoms with Gasteiger partial charge in [-0.1, -0.05) is 0 Å². The van der Waals surface area contributed by atoms with Crippen LogP contribution in [0.5, 0.6) is 0 Å². The second-order valence-corrected chi connectivity index (χ2v) is 2.72. The fourth-order valence-corrected chi connectivity index (χ4v) is 1.08. The molecule has 1 aliphatic rings. The third kappa shape index (κ3) is 1.58. The van der Waals surface area contributed by atoms with E-state index in [-0.39, 0.29) is 0 Å². The molecule has 12 heavy (non-hydrogen) atoms. The number of hydrogen-bond acceptors (Lipinski definition) is 6. The van der Waals surface area contributed by atoms with E-state index in [9.17, 15) is 0 Å². The lowest BCUT2D eigenvalue weighted by Gasteiger charge is -2.37. The summed E-state index contributed by atoms with van der Waals surface area (Å²) in [6, 6.07) is 0. The Morgan fingerprint density at radius 3 is 2.00 bits per heavy atom. The standard InChI is InChI=1S/C6H12O6/c7-1-2-3(8)4(9)5(10)6(11)12-2/h2-11H,1H2/t2-,3-,4+,5-,6?/m1/s1/i2+1,3+1. The van der Waals surface area contributed by atoms with Gasteiger partial charge in [-0.3, -0.25) is 0 Å². The van der Waals surface area contributed by atoms with Gasteiger partial charge in [-0.2, -0.15) is 0 Å². The van der Waals surface area contributed by atoms with Crippen molar-refractivity contribution in [1.29, 1.82) is 0 Å². The van der Waals surface area contributed by atoms with Crippen molar-refractivity contribution in [2.24, 2.45) is 0 Å². The molecule has 1 aliphatic heterocycles. The molecule has 0 amide bonds. The molecule has 0 aromatic heterocycles. The minimum Gasteiger partial charge on any atom is -0.394 e. The predicted octanol–water partition coefficient (Wildman–Crippen LogP) is -3.22. The van der Waals surface area contributed by atoms with E-state index in [1.54, 1.807) is 0 Å². The number of aliphatic hydroxyl groups excluding tert-OH is 5. The first-order chi connectivity index (χ1) is 5.57. The van der Waals surface area contributed by atoms with E-state index in [1.807, 2.05) is 0 Å². The van der Waals surface area contributed by atoms with Crippen molar-refractivity contribution in [1.82, 2.24) is 0 Å². The van der Waals surface area contributed by atoms with E-state index in [1.165, 1.54) is 0 Å². The van der Waals surface area contributed by atoms with Crippen molar-refractivity contribution < 1.29 is 30.3 Å². The highest BCUT2D eigenvalue weighted by Gasteiger charge is 2.42. The molecule has 1 heterocycles. The monoisotopic (exact) mass is 182 g/mol. The topological polar surface area (TPSA) is 110 Å². The molecule has 0 bridgehead atoms. The Bertz CT molecular complexity index is 146. The van der Waals surface area contributed by atoms with Gasteiger partial charge >= 0.3 is 0 Å². The molecular weight excluding hydrogens is 170 g/mol. The van der Waals surface area contributed by atoms with E-state index >= 15 is 0 Å². The summed E-state index contributed by atoms with van der Waals surface area (Å²) >= 11 is 0. The van der Waals surface area contributed by atoms with Gasteiger partial charge in [-0.05, 0) is 0 Å². The Kier molecular flexibility index (Phi) is 2.99. The predicted molar refractivity (Wildman–Crippen MR) is 36.0 cm³/mol. The zero-order valence-corrected chi connectivity index (χ0v) is 6.24. The molecule has 1 saturated heterocycles. The second kappa shape index (κ2) is 3.65. The first-order valence-electron chi connectivity index (χ1n) is 3.56. The van der Waals surface area contributed by atoms with Gasteiger partial charge in [0.25, 0.3) is 0 Å². The van der Waals surface area contributed by atoms with Gasteiger partial charge in [0.2, 0.25) is 0 Å². The normalized spacial score (nSPS) is 49.2. The van der Waals surface area contributed by atoms with Crippen molar-refractivity contribution in [2.75, 3.05) is 6.61 Å². The number of rotatable bonds is 1. The zero-order valence-electron chi connectivity index (χ0n) is 6.24. The molecule has 72 valence electrons. The van der Waals surface area contributed by atoms with Crippen LogP contribution in [0.25, 0.3) is 0 Å². The SMILES string of the molecule is OC[13C@H]1OC(O)[C@H](O)[C@@H](O)[13C@@H]1O. The first kappa shape index (κ1) is 9.85. The highest BCUT2D eigenvalue weighted by molar-refractivity contribution is 4.87. The maximum Gasteiger partial charge on any atom is 0.184 e. The van der Waals surface area contributed by atoms with E-state index in [4.69, 9.17) is 25.5 Å². The number of hydrogen-bond donors (Lipinski definition) is 5. The quantitative estimate of drug-likeness (QED) is 0.273. The summed E-state index contributed by atoms with van der Waals surface area (Å²) in [4.78, 5) is 0. The van der Waals surface area contributed by atoms with Gasteiger partial charge in [0.1, 0.15) is 24.4 Å². The van der Waals surface area contributed by atoms with Crippen LogP contribution in [-0.4, -0.2) is 62.8 Å². The Morgan fingerprint density at radius 2 is 1.50 bits per heavy atom. The van der Waals surface area contributed by atoms with Gasteiger partial charge in [-0.25, -0.2) is 0 Å². The molecule has 0 saturated carbocycles. The van der Waals surface area contributed by atoms with Gasteiger partial charge in [0, 0.05) is 0 Å². The van der Waals surface area contributed by atoms with Crippen molar-refractivity contribution in [2.45, 2.75) is 30.7 Å². The fraction of sp³-hybridized carbons (Fsp3) is 1.00. The minimum atomic E-state index is -1.57. The molecule has 5 N–H and O–H groups in total. The van der Waals surface area contributed by atoms with Crippen LogP contribution in [0.3, 0.4) is 0 Å². The van der Waals surface area contributed by atoms with Crippen LogP contribution in [0.4, 0.5) is 0 Å². The lowest BCUT2D eigenvalue weighted by molar-refractivity contribution is -0.286. The fourth-order valence-electron chi connectivity index (χ4n) is 1.08. The number of ether oxygens (including phenoxy) is 1. The molecule has 0 aliphatic carbocycles. The summed E-state index contributed by atoms with van der Waals surface area (Å²) in [6.45, 7) is -0.526. The molecule has 1 fully saturated rings. The number of aliphatic hydroxyl groups is 5. The van der Waals surface area contributed by atoms with Gasteiger partial charge < -0.3 is 30.3 Å². The highest BCUT2D eigenvalue weighted by Crippen LogP contribution is 2.18. The Balaban J connectivity index is 2.63. The molecule has 1 rings (SSSR count). The third-order valence-corrected chi connectivity index (χ3v) is 1.87. The average Bonchev–Trinajstić information content (AvgIpc) is 2.08. The summed E-state index contributed by atoms with van der Waals surface area (Å²) in [5.74, 6) is 0. The zero-order chi connectivity index (χ0) is 9.30. The van der Waals surface area contributed by atoms with Crippen LogP contribution >= 0.6 is 0 Å². The maximum atomic E-state index is 9.12. The molecule has 0 aromatic rings. The van der Waals surface area contributed by atoms with E-state index in [0.717, 1.165) is 0 Å². The molecule has 0 spiro atoms. The van der Waals surface area contributed by atoms with Crippen LogP contribution in [0, 0.1) is 0 Å². The Morgan fingerprint density at radius 1 is 0.917 bits per heavy atom. The van der Waals surface area contributed by atoms with Crippen LogP contribution in [0.2, 0.25) is 0 Å². The summed E-state index contributed by atoms with van der Waals surface area (Å²) in [5, 5.41) is 44.7. The van der Waals surface area contributed by atoms with Crippen LogP contribution in [0.15, 0.2) is 0 Å². The first-order valence-corrected chi connectivity index (χ1v) is 3.56. The van der Waals surface area contributed by atoms with Crippen LogP contribution < -0.4 is 0 Å². The molecule has 0 aromatic carbocycles.